The highest BCUT2D eigenvalue weighted by Gasteiger charge is 2.20. The molecule has 0 saturated carbocycles. The number of nitrogens with zero attached hydrogens (tertiary/aromatic N) is 1. The Morgan fingerprint density at radius 1 is 1.53 bits per heavy atom. The lowest BCUT2D eigenvalue weighted by Gasteiger charge is -2.02. The summed E-state index contributed by atoms with van der Waals surface area (Å²) in [7, 11) is 0. The van der Waals surface area contributed by atoms with Gasteiger partial charge in [-0.15, -0.1) is 11.3 Å². The second-order valence-corrected chi connectivity index (χ2v) is 5.12. The molecule has 3 aromatic rings. The van der Waals surface area contributed by atoms with Gasteiger partial charge >= 0.3 is 5.97 Å². The lowest BCUT2D eigenvalue weighted by Crippen LogP contribution is -1.97. The van der Waals surface area contributed by atoms with Gasteiger partial charge in [0.2, 0.25) is 0 Å². The highest BCUT2D eigenvalue weighted by Crippen LogP contribution is 2.39. The molecule has 0 aromatic carbocycles. The molecule has 0 atom stereocenters. The second kappa shape index (κ2) is 4.10. The van der Waals surface area contributed by atoms with Gasteiger partial charge in [0.15, 0.2) is 0 Å². The monoisotopic (exact) mass is 274 g/mol. The van der Waals surface area contributed by atoms with E-state index in [9.17, 15) is 4.79 Å². The van der Waals surface area contributed by atoms with Crippen molar-refractivity contribution in [3.05, 3.63) is 35.0 Å². The zero-order valence-corrected chi connectivity index (χ0v) is 10.8. The zero-order chi connectivity index (χ0) is 13.6. The number of furan rings is 1. The molecule has 0 aliphatic carbocycles. The van der Waals surface area contributed by atoms with E-state index in [1.165, 1.54) is 0 Å². The van der Waals surface area contributed by atoms with Crippen LogP contribution in [0.2, 0.25) is 0 Å². The number of aryl methyl sites for hydroxylation is 1. The van der Waals surface area contributed by atoms with E-state index in [-0.39, 0.29) is 10.6 Å². The predicted molar refractivity (Wildman–Crippen MR) is 73.4 cm³/mol. The number of hydrogen-bond donors (Lipinski definition) is 2. The van der Waals surface area contributed by atoms with Crippen molar-refractivity contribution in [1.82, 2.24) is 4.98 Å². The van der Waals surface area contributed by atoms with Crippen LogP contribution in [0, 0.1) is 6.92 Å². The number of carbonyl (C=O) groups is 1. The minimum absolute atomic E-state index is 0.112. The second-order valence-electron chi connectivity index (χ2n) is 4.12. The van der Waals surface area contributed by atoms with Crippen LogP contribution in [0.5, 0.6) is 0 Å². The molecular weight excluding hydrogens is 264 g/mol. The van der Waals surface area contributed by atoms with Crippen molar-refractivity contribution in [1.29, 1.82) is 0 Å². The maximum absolute atomic E-state index is 11.2. The molecule has 0 spiro atoms. The van der Waals surface area contributed by atoms with Gasteiger partial charge in [-0.2, -0.15) is 0 Å². The number of anilines is 1. The highest BCUT2D eigenvalue weighted by atomic mass is 32.1. The summed E-state index contributed by atoms with van der Waals surface area (Å²) < 4.78 is 5.38. The van der Waals surface area contributed by atoms with E-state index in [1.54, 1.807) is 12.3 Å². The molecular formula is C13H10N2O3S. The molecule has 0 aliphatic rings. The van der Waals surface area contributed by atoms with Crippen LogP contribution in [-0.4, -0.2) is 16.1 Å². The number of aromatic nitrogens is 1. The smallest absolute Gasteiger partial charge is 0.348 e. The van der Waals surface area contributed by atoms with Gasteiger partial charge < -0.3 is 15.3 Å². The average Bonchev–Trinajstić information content (AvgIpc) is 2.96. The highest BCUT2D eigenvalue weighted by molar-refractivity contribution is 7.21. The molecule has 3 heterocycles. The van der Waals surface area contributed by atoms with Crippen molar-refractivity contribution in [3.63, 3.8) is 0 Å². The third kappa shape index (κ3) is 1.77. The number of nitrogen functional groups attached to an aromatic ring is 1. The van der Waals surface area contributed by atoms with Gasteiger partial charge in [-0.25, -0.2) is 9.78 Å². The number of hydrogen-bond acceptors (Lipinski definition) is 5. The number of carboxylic acid groups (broad SMARTS) is 1. The van der Waals surface area contributed by atoms with Crippen molar-refractivity contribution >= 4 is 33.2 Å². The van der Waals surface area contributed by atoms with Gasteiger partial charge in [0.1, 0.15) is 15.5 Å². The van der Waals surface area contributed by atoms with E-state index in [4.69, 9.17) is 15.3 Å². The molecule has 5 nitrogen and oxygen atoms in total. The molecule has 3 N–H and O–H groups in total. The molecule has 6 heteroatoms. The Morgan fingerprint density at radius 3 is 2.95 bits per heavy atom. The fourth-order valence-corrected chi connectivity index (χ4v) is 3.03. The Morgan fingerprint density at radius 2 is 2.32 bits per heavy atom. The predicted octanol–water partition coefficient (Wildman–Crippen LogP) is 3.15. The maximum atomic E-state index is 11.2. The normalized spacial score (nSPS) is 11.0. The summed E-state index contributed by atoms with van der Waals surface area (Å²) in [6.45, 7) is 1.85. The molecule has 0 aliphatic heterocycles. The van der Waals surface area contributed by atoms with E-state index >= 15 is 0 Å². The van der Waals surface area contributed by atoms with Crippen LogP contribution in [-0.2, 0) is 0 Å². The van der Waals surface area contributed by atoms with Crippen molar-refractivity contribution in [2.75, 3.05) is 5.73 Å². The number of fused-ring (bicyclic) bond motifs is 1. The van der Waals surface area contributed by atoms with Crippen molar-refractivity contribution in [3.8, 4) is 11.3 Å². The Bertz CT molecular complexity index is 775. The quantitative estimate of drug-likeness (QED) is 0.749. The summed E-state index contributed by atoms with van der Waals surface area (Å²) in [6, 6.07) is 5.43. The number of nitrogens with two attached hydrogens (primary N) is 1. The lowest BCUT2D eigenvalue weighted by atomic mass is 10.1. The third-order valence-electron chi connectivity index (χ3n) is 2.81. The van der Waals surface area contributed by atoms with E-state index in [1.807, 2.05) is 19.1 Å². The number of carboxylic acids is 1. The standard InChI is InChI=1S/C13H10N2O3S/c1-6-5-7(8-3-2-4-18-8)9-10(14)11(13(16)17)19-12(9)15-6/h2-5H,14H2,1H3,(H,16,17). The van der Waals surface area contributed by atoms with E-state index < -0.39 is 5.97 Å². The van der Waals surface area contributed by atoms with Crippen LogP contribution in [0.15, 0.2) is 28.9 Å². The summed E-state index contributed by atoms with van der Waals surface area (Å²) >= 11 is 1.08. The first kappa shape index (κ1) is 11.7. The number of thiophene rings is 1. The molecule has 0 radical (unpaired) electrons. The molecule has 0 unspecified atom stereocenters. The minimum Gasteiger partial charge on any atom is -0.477 e. The topological polar surface area (TPSA) is 89.3 Å². The average molecular weight is 274 g/mol. The van der Waals surface area contributed by atoms with Gasteiger partial charge in [-0.1, -0.05) is 0 Å². The van der Waals surface area contributed by atoms with Gasteiger partial charge in [-0.05, 0) is 25.1 Å². The van der Waals surface area contributed by atoms with E-state index in [2.05, 4.69) is 4.98 Å². The third-order valence-corrected chi connectivity index (χ3v) is 3.90. The van der Waals surface area contributed by atoms with Crippen molar-refractivity contribution in [2.24, 2.45) is 0 Å². The summed E-state index contributed by atoms with van der Waals surface area (Å²) in [5.41, 5.74) is 7.75. The number of rotatable bonds is 2. The van der Waals surface area contributed by atoms with Crippen LogP contribution < -0.4 is 5.73 Å². The van der Waals surface area contributed by atoms with Crippen LogP contribution in [0.25, 0.3) is 21.5 Å². The molecule has 0 fully saturated rings. The fraction of sp³-hybridized carbons (Fsp3) is 0.0769. The van der Waals surface area contributed by atoms with Crippen molar-refractivity contribution in [2.45, 2.75) is 6.92 Å². The molecule has 19 heavy (non-hydrogen) atoms. The number of aromatic carboxylic acids is 1. The molecule has 0 amide bonds. The Labute approximate surface area is 112 Å². The Kier molecular flexibility index (Phi) is 2.53. The zero-order valence-electron chi connectivity index (χ0n) is 10.0. The van der Waals surface area contributed by atoms with Crippen LogP contribution in [0.4, 0.5) is 5.69 Å². The maximum Gasteiger partial charge on any atom is 0.348 e. The van der Waals surface area contributed by atoms with Crippen LogP contribution in [0.1, 0.15) is 15.4 Å². The summed E-state index contributed by atoms with van der Waals surface area (Å²) in [5.74, 6) is -0.388. The summed E-state index contributed by atoms with van der Waals surface area (Å²) in [4.78, 5) is 16.2. The molecule has 3 aromatic heterocycles. The van der Waals surface area contributed by atoms with Crippen LogP contribution in [0.3, 0.4) is 0 Å². The molecule has 0 bridgehead atoms. The molecule has 96 valence electrons. The first-order valence-corrected chi connectivity index (χ1v) is 6.36. The van der Waals surface area contributed by atoms with Crippen molar-refractivity contribution < 1.29 is 14.3 Å². The molecule has 3 rings (SSSR count). The van der Waals surface area contributed by atoms with Gasteiger partial charge in [0, 0.05) is 16.6 Å². The number of pyridine rings is 1. The molecule has 0 saturated heterocycles. The first-order chi connectivity index (χ1) is 9.08. The Balaban J connectivity index is 2.41. The first-order valence-electron chi connectivity index (χ1n) is 5.54. The van der Waals surface area contributed by atoms with Gasteiger partial charge in [0.05, 0.1) is 12.0 Å². The largest absolute Gasteiger partial charge is 0.477 e. The fourth-order valence-electron chi connectivity index (χ4n) is 2.03. The van der Waals surface area contributed by atoms with Crippen LogP contribution >= 0.6 is 11.3 Å². The summed E-state index contributed by atoms with van der Waals surface area (Å²) in [6.07, 6.45) is 1.57. The van der Waals surface area contributed by atoms with Gasteiger partial charge in [0.25, 0.3) is 0 Å². The SMILES string of the molecule is Cc1cc(-c2ccco2)c2c(N)c(C(=O)O)sc2n1. The Hall–Kier alpha value is -2.34. The minimum atomic E-state index is -1.04. The van der Waals surface area contributed by atoms with E-state index in [0.717, 1.165) is 22.6 Å². The lowest BCUT2D eigenvalue weighted by molar-refractivity contribution is 0.0703. The van der Waals surface area contributed by atoms with Gasteiger partial charge in [-0.3, -0.25) is 0 Å². The summed E-state index contributed by atoms with van der Waals surface area (Å²) in [5, 5.41) is 9.78. The van der Waals surface area contributed by atoms with E-state index in [0.29, 0.717) is 16.0 Å².